The van der Waals surface area contributed by atoms with E-state index in [1.165, 1.54) is 6.42 Å². The first-order valence-corrected chi connectivity index (χ1v) is 8.37. The first kappa shape index (κ1) is 17.4. The smallest absolute Gasteiger partial charge is 0.262 e. The second-order valence-corrected chi connectivity index (χ2v) is 6.01. The van der Waals surface area contributed by atoms with Crippen LogP contribution in [0.5, 0.6) is 5.75 Å². The third kappa shape index (κ3) is 5.01. The molecular weight excluding hydrogens is 312 g/mol. The van der Waals surface area contributed by atoms with Crippen LogP contribution >= 0.6 is 11.6 Å². The predicted octanol–water partition coefficient (Wildman–Crippen LogP) is 4.09. The van der Waals surface area contributed by atoms with Crippen molar-refractivity contribution in [2.45, 2.75) is 45.1 Å². The minimum atomic E-state index is -0.315. The van der Waals surface area contributed by atoms with Gasteiger partial charge >= 0.3 is 0 Å². The molecule has 0 unspecified atom stereocenters. The molecule has 122 valence electrons. The third-order valence-corrected chi connectivity index (χ3v) is 4.17. The summed E-state index contributed by atoms with van der Waals surface area (Å²) in [5.41, 5.74) is 0.796. The van der Waals surface area contributed by atoms with Crippen molar-refractivity contribution in [1.82, 2.24) is 5.32 Å². The number of rotatable bonds is 5. The second kappa shape index (κ2) is 8.59. The van der Waals surface area contributed by atoms with Gasteiger partial charge < -0.3 is 10.1 Å². The van der Waals surface area contributed by atoms with Crippen LogP contribution in [0.2, 0.25) is 5.02 Å². The first-order valence-electron chi connectivity index (χ1n) is 7.99. The lowest BCUT2D eigenvalue weighted by Crippen LogP contribution is -2.36. The molecule has 5 heteroatoms. The van der Waals surface area contributed by atoms with E-state index in [-0.39, 0.29) is 17.5 Å². The Morgan fingerprint density at radius 3 is 2.78 bits per heavy atom. The molecule has 1 aromatic rings. The van der Waals surface area contributed by atoms with Gasteiger partial charge in [-0.2, -0.15) is 5.26 Å². The van der Waals surface area contributed by atoms with E-state index in [0.717, 1.165) is 25.7 Å². The zero-order valence-corrected chi connectivity index (χ0v) is 14.0. The number of nitriles is 1. The van der Waals surface area contributed by atoms with Gasteiger partial charge in [0.25, 0.3) is 5.91 Å². The molecule has 1 fully saturated rings. The number of ether oxygens (including phenoxy) is 1. The highest BCUT2D eigenvalue weighted by Gasteiger charge is 2.18. The molecule has 4 nitrogen and oxygen atoms in total. The number of carbonyl (C=O) groups excluding carboxylic acids is 1. The number of carbonyl (C=O) groups is 1. The van der Waals surface area contributed by atoms with Crippen LogP contribution in [0.15, 0.2) is 23.8 Å². The molecule has 0 spiro atoms. The molecule has 0 atom stereocenters. The molecule has 1 N–H and O–H groups in total. The fraction of sp³-hybridized carbons (Fsp3) is 0.444. The van der Waals surface area contributed by atoms with Crippen LogP contribution in [-0.2, 0) is 4.79 Å². The Balaban J connectivity index is 2.09. The molecule has 1 aliphatic carbocycles. The van der Waals surface area contributed by atoms with E-state index in [2.05, 4.69) is 5.32 Å². The molecule has 0 heterocycles. The fourth-order valence-corrected chi connectivity index (χ4v) is 2.95. The fourth-order valence-electron chi connectivity index (χ4n) is 2.70. The van der Waals surface area contributed by atoms with Crippen molar-refractivity contribution in [3.05, 3.63) is 34.4 Å². The Morgan fingerprint density at radius 2 is 2.17 bits per heavy atom. The topological polar surface area (TPSA) is 62.1 Å². The molecule has 0 aromatic heterocycles. The highest BCUT2D eigenvalue weighted by molar-refractivity contribution is 6.32. The van der Waals surface area contributed by atoms with Crippen LogP contribution in [0, 0.1) is 11.3 Å². The van der Waals surface area contributed by atoms with Crippen LogP contribution in [-0.4, -0.2) is 18.6 Å². The number of halogens is 1. The summed E-state index contributed by atoms with van der Waals surface area (Å²) in [5, 5.41) is 12.7. The number of hydrogen-bond acceptors (Lipinski definition) is 3. The van der Waals surface area contributed by atoms with E-state index in [1.807, 2.05) is 13.0 Å². The van der Waals surface area contributed by atoms with E-state index in [9.17, 15) is 10.1 Å². The van der Waals surface area contributed by atoms with Gasteiger partial charge in [0.1, 0.15) is 17.4 Å². The van der Waals surface area contributed by atoms with Crippen molar-refractivity contribution in [1.29, 1.82) is 5.26 Å². The Kier molecular flexibility index (Phi) is 6.49. The first-order chi connectivity index (χ1) is 11.1. The van der Waals surface area contributed by atoms with Crippen molar-refractivity contribution in [3.8, 4) is 11.8 Å². The van der Waals surface area contributed by atoms with Crippen LogP contribution in [0.1, 0.15) is 44.6 Å². The summed E-state index contributed by atoms with van der Waals surface area (Å²) >= 11 is 6.13. The van der Waals surface area contributed by atoms with Crippen molar-refractivity contribution < 1.29 is 9.53 Å². The van der Waals surface area contributed by atoms with E-state index in [0.29, 0.717) is 22.9 Å². The van der Waals surface area contributed by atoms with Gasteiger partial charge in [0, 0.05) is 6.04 Å². The molecule has 1 amide bonds. The van der Waals surface area contributed by atoms with Crippen LogP contribution in [0.4, 0.5) is 0 Å². The highest BCUT2D eigenvalue weighted by atomic mass is 35.5. The Bertz CT molecular complexity index is 628. The van der Waals surface area contributed by atoms with E-state index >= 15 is 0 Å². The van der Waals surface area contributed by atoms with Gasteiger partial charge in [-0.15, -0.1) is 0 Å². The Hall–Kier alpha value is -1.99. The van der Waals surface area contributed by atoms with Crippen molar-refractivity contribution in [2.75, 3.05) is 6.61 Å². The van der Waals surface area contributed by atoms with Gasteiger partial charge in [0.05, 0.1) is 11.6 Å². The summed E-state index contributed by atoms with van der Waals surface area (Å²) in [7, 11) is 0. The summed E-state index contributed by atoms with van der Waals surface area (Å²) in [6.07, 6.45) is 7.01. The lowest BCUT2D eigenvalue weighted by molar-refractivity contribution is -0.117. The quantitative estimate of drug-likeness (QED) is 0.652. The van der Waals surface area contributed by atoms with Gasteiger partial charge in [0.15, 0.2) is 0 Å². The average Bonchev–Trinajstić information content (AvgIpc) is 2.56. The maximum atomic E-state index is 12.2. The van der Waals surface area contributed by atoms with Gasteiger partial charge in [-0.05, 0) is 43.5 Å². The summed E-state index contributed by atoms with van der Waals surface area (Å²) in [5.74, 6) is 0.279. The second-order valence-electron chi connectivity index (χ2n) is 5.60. The number of amides is 1. The molecule has 0 saturated heterocycles. The number of nitrogens with one attached hydrogen (secondary N) is 1. The van der Waals surface area contributed by atoms with Crippen LogP contribution in [0.3, 0.4) is 0 Å². The highest BCUT2D eigenvalue weighted by Crippen LogP contribution is 2.26. The van der Waals surface area contributed by atoms with Gasteiger partial charge in [-0.3, -0.25) is 4.79 Å². The van der Waals surface area contributed by atoms with E-state index < -0.39 is 0 Å². The van der Waals surface area contributed by atoms with Crippen molar-refractivity contribution in [2.24, 2.45) is 0 Å². The molecule has 2 rings (SSSR count). The minimum absolute atomic E-state index is 0.0933. The SMILES string of the molecule is CCOc1ccc(/C=C(/C#N)C(=O)NC2CCCCC2)cc1Cl. The van der Waals surface area contributed by atoms with Crippen LogP contribution < -0.4 is 10.1 Å². The molecule has 23 heavy (non-hydrogen) atoms. The van der Waals surface area contributed by atoms with Crippen molar-refractivity contribution in [3.63, 3.8) is 0 Å². The van der Waals surface area contributed by atoms with Crippen molar-refractivity contribution >= 4 is 23.6 Å². The predicted molar refractivity (Wildman–Crippen MR) is 91.2 cm³/mol. The lowest BCUT2D eigenvalue weighted by Gasteiger charge is -2.22. The zero-order valence-electron chi connectivity index (χ0n) is 13.3. The van der Waals surface area contributed by atoms with Gasteiger partial charge in [0.2, 0.25) is 0 Å². The largest absolute Gasteiger partial charge is 0.492 e. The number of hydrogen-bond donors (Lipinski definition) is 1. The normalized spacial score (nSPS) is 15.8. The molecule has 1 saturated carbocycles. The monoisotopic (exact) mass is 332 g/mol. The van der Waals surface area contributed by atoms with Gasteiger partial charge in [-0.25, -0.2) is 0 Å². The number of benzene rings is 1. The van der Waals surface area contributed by atoms with E-state index in [1.54, 1.807) is 24.3 Å². The summed E-state index contributed by atoms with van der Waals surface area (Å²) < 4.78 is 5.37. The molecular formula is C18H21ClN2O2. The summed E-state index contributed by atoms with van der Waals surface area (Å²) in [4.78, 5) is 12.2. The maximum absolute atomic E-state index is 12.2. The lowest BCUT2D eigenvalue weighted by atomic mass is 9.95. The molecule has 0 radical (unpaired) electrons. The Labute approximate surface area is 142 Å². The van der Waals surface area contributed by atoms with E-state index in [4.69, 9.17) is 16.3 Å². The molecule has 0 aliphatic heterocycles. The Morgan fingerprint density at radius 1 is 1.43 bits per heavy atom. The maximum Gasteiger partial charge on any atom is 0.262 e. The molecule has 1 aromatic carbocycles. The zero-order chi connectivity index (χ0) is 16.7. The molecule has 1 aliphatic rings. The molecule has 0 bridgehead atoms. The minimum Gasteiger partial charge on any atom is -0.492 e. The standard InChI is InChI=1S/C18H21ClN2O2/c1-2-23-17-9-8-13(11-16(17)19)10-14(12-20)18(22)21-15-6-4-3-5-7-15/h8-11,15H,2-7H2,1H3,(H,21,22)/b14-10-. The average molecular weight is 333 g/mol. The summed E-state index contributed by atoms with van der Waals surface area (Å²) in [6, 6.07) is 7.37. The third-order valence-electron chi connectivity index (χ3n) is 3.87. The number of nitrogens with zero attached hydrogens (tertiary/aromatic N) is 1. The van der Waals surface area contributed by atoms with Gasteiger partial charge in [-0.1, -0.05) is 36.9 Å². The summed E-state index contributed by atoms with van der Waals surface area (Å²) in [6.45, 7) is 2.41. The van der Waals surface area contributed by atoms with Crippen LogP contribution in [0.25, 0.3) is 6.08 Å².